The quantitative estimate of drug-likeness (QED) is 0.816. The lowest BCUT2D eigenvalue weighted by atomic mass is 10.1. The van der Waals surface area contributed by atoms with Gasteiger partial charge in [-0.05, 0) is 24.1 Å². The first kappa shape index (κ1) is 14.2. The largest absolute Gasteiger partial charge is 0.463 e. The van der Waals surface area contributed by atoms with Crippen LogP contribution in [-0.4, -0.2) is 13.1 Å². The molecule has 106 valence electrons. The van der Waals surface area contributed by atoms with E-state index >= 15 is 0 Å². The van der Waals surface area contributed by atoms with Gasteiger partial charge in [0.2, 0.25) is 5.76 Å². The maximum atomic E-state index is 11.5. The Morgan fingerprint density at radius 2 is 2.05 bits per heavy atom. The molecule has 0 amide bonds. The number of aryl methyl sites for hydroxylation is 1. The van der Waals surface area contributed by atoms with Crippen LogP contribution in [0.4, 0.5) is 5.69 Å². The second-order valence-corrected chi connectivity index (χ2v) is 4.53. The number of hydrogen-bond donors (Lipinski definition) is 1. The molecule has 1 aromatic heterocycles. The first-order chi connectivity index (χ1) is 9.76. The minimum absolute atomic E-state index is 0.257. The van der Waals surface area contributed by atoms with Crippen molar-refractivity contribution in [3.8, 4) is 0 Å². The van der Waals surface area contributed by atoms with E-state index in [2.05, 4.69) is 23.0 Å². The van der Waals surface area contributed by atoms with Crippen molar-refractivity contribution in [2.75, 3.05) is 12.4 Å². The van der Waals surface area contributed by atoms with Crippen LogP contribution in [0.25, 0.3) is 0 Å². The summed E-state index contributed by atoms with van der Waals surface area (Å²) in [6, 6.07) is 9.97. The molecular weight excluding hydrogens is 254 g/mol. The van der Waals surface area contributed by atoms with E-state index in [0.29, 0.717) is 6.54 Å². The highest BCUT2D eigenvalue weighted by Crippen LogP contribution is 2.19. The molecule has 0 fully saturated rings. The van der Waals surface area contributed by atoms with Crippen LogP contribution >= 0.6 is 0 Å². The Labute approximate surface area is 118 Å². The minimum atomic E-state index is -0.450. The van der Waals surface area contributed by atoms with Crippen LogP contribution in [0.3, 0.4) is 0 Å². The van der Waals surface area contributed by atoms with Crippen LogP contribution in [0.15, 0.2) is 41.0 Å². The summed E-state index contributed by atoms with van der Waals surface area (Å²) >= 11 is 0. The predicted molar refractivity (Wildman–Crippen MR) is 77.8 cm³/mol. The van der Waals surface area contributed by atoms with Gasteiger partial charge in [-0.15, -0.1) is 0 Å². The summed E-state index contributed by atoms with van der Waals surface area (Å²) in [6.45, 7) is 2.68. The number of para-hydroxylation sites is 1. The molecule has 2 rings (SSSR count). The Bertz CT molecular complexity index is 575. The number of anilines is 1. The molecule has 0 saturated carbocycles. The van der Waals surface area contributed by atoms with Gasteiger partial charge in [0.05, 0.1) is 13.4 Å². The van der Waals surface area contributed by atoms with E-state index in [-0.39, 0.29) is 5.76 Å². The van der Waals surface area contributed by atoms with Crippen molar-refractivity contribution in [3.05, 3.63) is 53.5 Å². The predicted octanol–water partition coefficient (Wildman–Crippen LogP) is 3.63. The summed E-state index contributed by atoms with van der Waals surface area (Å²) in [5, 5.41) is 3.35. The molecule has 0 atom stereocenters. The average Bonchev–Trinajstić information content (AvgIpc) is 2.94. The first-order valence-electron chi connectivity index (χ1n) is 6.72. The zero-order valence-electron chi connectivity index (χ0n) is 11.8. The molecule has 0 aliphatic heterocycles. The van der Waals surface area contributed by atoms with E-state index in [0.717, 1.165) is 24.1 Å². The maximum absolute atomic E-state index is 11.5. The first-order valence-corrected chi connectivity index (χ1v) is 6.72. The Morgan fingerprint density at radius 3 is 2.80 bits per heavy atom. The standard InChI is InChI=1S/C16H19NO3/c1-3-6-12-7-4-5-8-14(12)17-11-13-9-10-20-15(13)16(18)19-2/h4-5,7-10,17H,3,6,11H2,1-2H3. The van der Waals surface area contributed by atoms with Gasteiger partial charge in [-0.1, -0.05) is 31.5 Å². The van der Waals surface area contributed by atoms with E-state index in [1.807, 2.05) is 18.2 Å². The summed E-state index contributed by atoms with van der Waals surface area (Å²) in [6.07, 6.45) is 3.62. The number of nitrogens with one attached hydrogen (secondary N) is 1. The van der Waals surface area contributed by atoms with E-state index < -0.39 is 5.97 Å². The fourth-order valence-electron chi connectivity index (χ4n) is 2.12. The molecule has 0 saturated heterocycles. The molecule has 0 aliphatic rings. The number of furan rings is 1. The molecule has 4 heteroatoms. The molecule has 20 heavy (non-hydrogen) atoms. The molecule has 2 aromatic rings. The summed E-state index contributed by atoms with van der Waals surface area (Å²) in [7, 11) is 1.35. The average molecular weight is 273 g/mol. The topological polar surface area (TPSA) is 51.5 Å². The fraction of sp³-hybridized carbons (Fsp3) is 0.312. The summed E-state index contributed by atoms with van der Waals surface area (Å²) in [5.74, 6) is -0.193. The summed E-state index contributed by atoms with van der Waals surface area (Å²) in [5.41, 5.74) is 3.16. The molecule has 0 bridgehead atoms. The molecule has 4 nitrogen and oxygen atoms in total. The van der Waals surface area contributed by atoms with Crippen molar-refractivity contribution >= 4 is 11.7 Å². The van der Waals surface area contributed by atoms with Gasteiger partial charge in [-0.25, -0.2) is 4.79 Å². The summed E-state index contributed by atoms with van der Waals surface area (Å²) < 4.78 is 9.86. The lowest BCUT2D eigenvalue weighted by molar-refractivity contribution is 0.0563. The fourth-order valence-corrected chi connectivity index (χ4v) is 2.12. The molecule has 0 unspecified atom stereocenters. The highest BCUT2D eigenvalue weighted by atomic mass is 16.5. The second kappa shape index (κ2) is 6.80. The third kappa shape index (κ3) is 3.20. The number of carbonyl (C=O) groups is 1. The van der Waals surface area contributed by atoms with Crippen LogP contribution < -0.4 is 5.32 Å². The van der Waals surface area contributed by atoms with Gasteiger partial charge >= 0.3 is 5.97 Å². The van der Waals surface area contributed by atoms with Crippen LogP contribution in [0.1, 0.15) is 35.0 Å². The number of esters is 1. The Hall–Kier alpha value is -2.23. The SMILES string of the molecule is CCCc1ccccc1NCc1ccoc1C(=O)OC. The number of benzene rings is 1. The van der Waals surface area contributed by atoms with Crippen LogP contribution in [-0.2, 0) is 17.7 Å². The number of ether oxygens (including phenoxy) is 1. The third-order valence-electron chi connectivity index (χ3n) is 3.12. The van der Waals surface area contributed by atoms with E-state index in [1.165, 1.54) is 18.9 Å². The Morgan fingerprint density at radius 1 is 1.25 bits per heavy atom. The second-order valence-electron chi connectivity index (χ2n) is 4.53. The molecule has 0 spiro atoms. The van der Waals surface area contributed by atoms with Gasteiger partial charge in [0, 0.05) is 17.8 Å². The Kier molecular flexibility index (Phi) is 4.82. The lowest BCUT2D eigenvalue weighted by Gasteiger charge is -2.11. The van der Waals surface area contributed by atoms with Gasteiger partial charge in [0.25, 0.3) is 0 Å². The molecular formula is C16H19NO3. The normalized spacial score (nSPS) is 10.3. The van der Waals surface area contributed by atoms with Crippen LogP contribution in [0.5, 0.6) is 0 Å². The lowest BCUT2D eigenvalue weighted by Crippen LogP contribution is -2.07. The van der Waals surface area contributed by atoms with Gasteiger partial charge < -0.3 is 14.5 Å². The number of rotatable bonds is 6. The van der Waals surface area contributed by atoms with E-state index in [9.17, 15) is 4.79 Å². The van der Waals surface area contributed by atoms with Gasteiger partial charge in [-0.2, -0.15) is 0 Å². The van der Waals surface area contributed by atoms with Crippen LogP contribution in [0, 0.1) is 0 Å². The van der Waals surface area contributed by atoms with E-state index in [4.69, 9.17) is 4.42 Å². The smallest absolute Gasteiger partial charge is 0.374 e. The highest BCUT2D eigenvalue weighted by Gasteiger charge is 2.15. The number of hydrogen-bond acceptors (Lipinski definition) is 4. The zero-order chi connectivity index (χ0) is 14.4. The zero-order valence-corrected chi connectivity index (χ0v) is 11.8. The number of carbonyl (C=O) groups excluding carboxylic acids is 1. The monoisotopic (exact) mass is 273 g/mol. The molecule has 0 radical (unpaired) electrons. The van der Waals surface area contributed by atoms with Gasteiger partial charge in [0.1, 0.15) is 0 Å². The van der Waals surface area contributed by atoms with Crippen molar-refractivity contribution in [2.24, 2.45) is 0 Å². The van der Waals surface area contributed by atoms with Gasteiger partial charge in [0.15, 0.2) is 0 Å². The molecule has 1 aromatic carbocycles. The maximum Gasteiger partial charge on any atom is 0.374 e. The van der Waals surface area contributed by atoms with Crippen molar-refractivity contribution in [2.45, 2.75) is 26.3 Å². The van der Waals surface area contributed by atoms with Crippen molar-refractivity contribution in [3.63, 3.8) is 0 Å². The summed E-state index contributed by atoms with van der Waals surface area (Å²) in [4.78, 5) is 11.5. The molecule has 0 aliphatic carbocycles. The third-order valence-corrected chi connectivity index (χ3v) is 3.12. The minimum Gasteiger partial charge on any atom is -0.463 e. The van der Waals surface area contributed by atoms with Crippen molar-refractivity contribution < 1.29 is 13.9 Å². The number of methoxy groups -OCH3 is 1. The van der Waals surface area contributed by atoms with Crippen LogP contribution in [0.2, 0.25) is 0 Å². The van der Waals surface area contributed by atoms with Gasteiger partial charge in [-0.3, -0.25) is 0 Å². The molecule has 1 N–H and O–H groups in total. The van der Waals surface area contributed by atoms with Crippen molar-refractivity contribution in [1.82, 2.24) is 0 Å². The molecule has 1 heterocycles. The van der Waals surface area contributed by atoms with Crippen molar-refractivity contribution in [1.29, 1.82) is 0 Å². The Balaban J connectivity index is 2.09. The van der Waals surface area contributed by atoms with E-state index in [1.54, 1.807) is 6.07 Å². The highest BCUT2D eigenvalue weighted by molar-refractivity contribution is 5.87.